The van der Waals surface area contributed by atoms with Gasteiger partial charge >= 0.3 is 5.97 Å². The van der Waals surface area contributed by atoms with E-state index in [-0.39, 0.29) is 18.2 Å². The molecular formula is C5H10N2O3S. The Bertz CT molecular complexity index is 135. The minimum Gasteiger partial charge on any atom is -0.468 e. The molecule has 0 spiro atoms. The normalized spacial score (nSPS) is 9.27. The first-order valence-corrected chi connectivity index (χ1v) is 3.71. The summed E-state index contributed by atoms with van der Waals surface area (Å²) in [6.45, 7) is -0.0360. The zero-order valence-corrected chi connectivity index (χ0v) is 6.94. The first-order chi connectivity index (χ1) is 5.20. The highest BCUT2D eigenvalue weighted by Gasteiger charge is 2.01. The summed E-state index contributed by atoms with van der Waals surface area (Å²) in [5.74, 6) is -0.415. The Morgan fingerprint density at radius 3 is 2.73 bits per heavy atom. The highest BCUT2D eigenvalue weighted by atomic mass is 32.2. The highest BCUT2D eigenvalue weighted by Crippen LogP contribution is 1.91. The summed E-state index contributed by atoms with van der Waals surface area (Å²) in [7, 11) is 1.28. The summed E-state index contributed by atoms with van der Waals surface area (Å²) >= 11 is 0.805. The number of hydrogen-bond acceptors (Lipinski definition) is 6. The van der Waals surface area contributed by atoms with Gasteiger partial charge in [0.25, 0.3) is 0 Å². The van der Waals surface area contributed by atoms with Crippen LogP contribution in [0.3, 0.4) is 0 Å². The van der Waals surface area contributed by atoms with Crippen LogP contribution < -0.4 is 10.5 Å². The molecule has 0 aliphatic heterocycles. The van der Waals surface area contributed by atoms with E-state index in [0.717, 1.165) is 11.9 Å². The van der Waals surface area contributed by atoms with Crippen LogP contribution in [0.25, 0.3) is 0 Å². The summed E-state index contributed by atoms with van der Waals surface area (Å²) in [6.07, 6.45) is 0. The molecular weight excluding hydrogens is 168 g/mol. The van der Waals surface area contributed by atoms with Crippen molar-refractivity contribution in [3.05, 3.63) is 0 Å². The van der Waals surface area contributed by atoms with Gasteiger partial charge in [-0.05, 0) is 11.9 Å². The van der Waals surface area contributed by atoms with Crippen LogP contribution in [-0.2, 0) is 14.3 Å². The molecule has 0 amide bonds. The van der Waals surface area contributed by atoms with E-state index in [2.05, 4.69) is 9.46 Å². The van der Waals surface area contributed by atoms with Gasteiger partial charge in [-0.15, -0.1) is 0 Å². The third kappa shape index (κ3) is 5.84. The fourth-order valence-corrected chi connectivity index (χ4v) is 0.724. The number of carbonyl (C=O) groups is 2. The Labute approximate surface area is 68.8 Å². The molecule has 0 aliphatic carbocycles. The van der Waals surface area contributed by atoms with E-state index in [0.29, 0.717) is 0 Å². The van der Waals surface area contributed by atoms with Crippen molar-refractivity contribution in [2.45, 2.75) is 0 Å². The number of methoxy groups -OCH3 is 1. The molecule has 0 radical (unpaired) electrons. The minimum absolute atomic E-state index is 0.00685. The van der Waals surface area contributed by atoms with Gasteiger partial charge in [-0.3, -0.25) is 9.59 Å². The number of nitrogens with one attached hydrogen (secondary N) is 1. The second kappa shape index (κ2) is 6.14. The van der Waals surface area contributed by atoms with E-state index < -0.39 is 5.97 Å². The van der Waals surface area contributed by atoms with Gasteiger partial charge in [-0.1, -0.05) is 0 Å². The lowest BCUT2D eigenvalue weighted by atomic mass is 10.7. The fraction of sp³-hybridized carbons (Fsp3) is 0.600. The van der Waals surface area contributed by atoms with E-state index in [4.69, 9.17) is 5.73 Å². The zero-order valence-electron chi connectivity index (χ0n) is 6.12. The fourth-order valence-electron chi connectivity index (χ4n) is 0.289. The standard InChI is InChI=1S/C5H10N2O3S/c1-10-4(8)3-7-11-5(9)2-6/h7H,2-3,6H2,1H3. The first-order valence-electron chi connectivity index (χ1n) is 2.90. The molecule has 0 bridgehead atoms. The van der Waals surface area contributed by atoms with E-state index in [1.54, 1.807) is 0 Å². The molecule has 0 unspecified atom stereocenters. The molecule has 0 fully saturated rings. The van der Waals surface area contributed by atoms with Crippen LogP contribution in [0.5, 0.6) is 0 Å². The van der Waals surface area contributed by atoms with Crippen LogP contribution >= 0.6 is 11.9 Å². The lowest BCUT2D eigenvalue weighted by Crippen LogP contribution is -2.22. The summed E-state index contributed by atoms with van der Waals surface area (Å²) in [5.41, 5.74) is 4.99. The van der Waals surface area contributed by atoms with Crippen LogP contribution in [0.1, 0.15) is 0 Å². The predicted molar refractivity (Wildman–Crippen MR) is 41.7 cm³/mol. The molecule has 5 nitrogen and oxygen atoms in total. The molecule has 64 valence electrons. The summed E-state index contributed by atoms with van der Waals surface area (Å²) in [4.78, 5) is 20.9. The van der Waals surface area contributed by atoms with Gasteiger partial charge in [-0.25, -0.2) is 4.72 Å². The average Bonchev–Trinajstić information content (AvgIpc) is 2.04. The molecule has 0 heterocycles. The predicted octanol–water partition coefficient (Wildman–Crippen LogP) is -1.12. The van der Waals surface area contributed by atoms with Crippen molar-refractivity contribution in [3.63, 3.8) is 0 Å². The Morgan fingerprint density at radius 2 is 2.27 bits per heavy atom. The molecule has 3 N–H and O–H groups in total. The van der Waals surface area contributed by atoms with Crippen LogP contribution in [0.15, 0.2) is 0 Å². The first kappa shape index (κ1) is 10.4. The lowest BCUT2D eigenvalue weighted by Gasteiger charge is -1.98. The number of ether oxygens (including phenoxy) is 1. The van der Waals surface area contributed by atoms with Gasteiger partial charge in [0.1, 0.15) is 6.54 Å². The van der Waals surface area contributed by atoms with Crippen LogP contribution in [0, 0.1) is 0 Å². The Hall–Kier alpha value is -0.590. The maximum Gasteiger partial charge on any atom is 0.320 e. The molecule has 0 rings (SSSR count). The van der Waals surface area contributed by atoms with Gasteiger partial charge < -0.3 is 10.5 Å². The number of rotatable bonds is 4. The number of esters is 1. The molecule has 6 heteroatoms. The second-order valence-electron chi connectivity index (χ2n) is 1.58. The quantitative estimate of drug-likeness (QED) is 0.419. The Kier molecular flexibility index (Phi) is 5.81. The monoisotopic (exact) mass is 178 g/mol. The molecule has 0 atom stereocenters. The second-order valence-corrected chi connectivity index (χ2v) is 2.52. The highest BCUT2D eigenvalue weighted by molar-refractivity contribution is 8.12. The van der Waals surface area contributed by atoms with Gasteiger partial charge in [-0.2, -0.15) is 0 Å². The van der Waals surface area contributed by atoms with Crippen LogP contribution in [-0.4, -0.2) is 31.3 Å². The molecule has 0 aliphatic rings. The van der Waals surface area contributed by atoms with Crippen molar-refractivity contribution in [1.82, 2.24) is 4.72 Å². The molecule has 11 heavy (non-hydrogen) atoms. The Balaban J connectivity index is 3.27. The molecule has 0 aromatic rings. The van der Waals surface area contributed by atoms with Gasteiger partial charge in [0.15, 0.2) is 0 Å². The maximum atomic E-state index is 10.5. The lowest BCUT2D eigenvalue weighted by molar-refractivity contribution is -0.139. The smallest absolute Gasteiger partial charge is 0.320 e. The topological polar surface area (TPSA) is 81.4 Å². The van der Waals surface area contributed by atoms with Crippen molar-refractivity contribution in [3.8, 4) is 0 Å². The molecule has 0 aromatic carbocycles. The van der Waals surface area contributed by atoms with Crippen molar-refractivity contribution < 1.29 is 14.3 Å². The van der Waals surface area contributed by atoms with E-state index >= 15 is 0 Å². The van der Waals surface area contributed by atoms with Crippen molar-refractivity contribution in [2.75, 3.05) is 20.2 Å². The SMILES string of the molecule is COC(=O)CNSC(=O)CN. The van der Waals surface area contributed by atoms with Crippen molar-refractivity contribution in [1.29, 1.82) is 0 Å². The minimum atomic E-state index is -0.415. The van der Waals surface area contributed by atoms with Crippen molar-refractivity contribution in [2.24, 2.45) is 5.73 Å². The zero-order chi connectivity index (χ0) is 8.69. The van der Waals surface area contributed by atoms with Crippen LogP contribution in [0.4, 0.5) is 0 Å². The maximum absolute atomic E-state index is 10.5. The third-order valence-electron chi connectivity index (χ3n) is 0.797. The summed E-state index contributed by atoms with van der Waals surface area (Å²) in [5, 5.41) is -0.214. The van der Waals surface area contributed by atoms with Crippen LogP contribution in [0.2, 0.25) is 0 Å². The average molecular weight is 178 g/mol. The van der Waals surface area contributed by atoms with E-state index in [1.165, 1.54) is 7.11 Å². The Morgan fingerprint density at radius 1 is 1.64 bits per heavy atom. The van der Waals surface area contributed by atoms with Crippen molar-refractivity contribution >= 4 is 23.0 Å². The van der Waals surface area contributed by atoms with Gasteiger partial charge in [0.2, 0.25) is 5.12 Å². The number of hydrogen-bond donors (Lipinski definition) is 2. The molecule has 0 saturated carbocycles. The summed E-state index contributed by atoms with van der Waals surface area (Å²) in [6, 6.07) is 0. The molecule has 0 saturated heterocycles. The number of nitrogens with two attached hydrogens (primary N) is 1. The molecule has 0 aromatic heterocycles. The third-order valence-corrected chi connectivity index (χ3v) is 1.48. The van der Waals surface area contributed by atoms with E-state index in [9.17, 15) is 9.59 Å². The van der Waals surface area contributed by atoms with Gasteiger partial charge in [0, 0.05) is 0 Å². The summed E-state index contributed by atoms with van der Waals surface area (Å²) < 4.78 is 6.81. The van der Waals surface area contributed by atoms with Gasteiger partial charge in [0.05, 0.1) is 13.7 Å². The number of carbonyl (C=O) groups excluding carboxylic acids is 2. The van der Waals surface area contributed by atoms with E-state index in [1.807, 2.05) is 0 Å². The largest absolute Gasteiger partial charge is 0.468 e.